The largest absolute Gasteiger partial charge is 0.259 e. The Balaban J connectivity index is 2.69. The molecule has 120 valence electrons. The quantitative estimate of drug-likeness (QED) is 0.768. The zero-order valence-corrected chi connectivity index (χ0v) is 13.9. The van der Waals surface area contributed by atoms with Crippen LogP contribution in [0.5, 0.6) is 0 Å². The topological polar surface area (TPSA) is 51.2 Å². The molecule has 1 aromatic rings. The van der Waals surface area contributed by atoms with Crippen LogP contribution in [0.3, 0.4) is 0 Å². The molecule has 0 unspecified atom stereocenters. The smallest absolute Gasteiger partial charge is 0.152 e. The number of sulfone groups is 1. The maximum absolute atomic E-state index is 13.6. The van der Waals surface area contributed by atoms with Gasteiger partial charge in [0.2, 0.25) is 0 Å². The summed E-state index contributed by atoms with van der Waals surface area (Å²) in [6.07, 6.45) is 0.216. The van der Waals surface area contributed by atoms with Crippen LogP contribution >= 0.6 is 0 Å². The van der Waals surface area contributed by atoms with E-state index < -0.39 is 42.8 Å². The van der Waals surface area contributed by atoms with Crippen molar-refractivity contribution in [3.63, 3.8) is 0 Å². The molecule has 0 heterocycles. The third-order valence-electron chi connectivity index (χ3n) is 3.29. The highest BCUT2D eigenvalue weighted by Crippen LogP contribution is 2.25. The van der Waals surface area contributed by atoms with Crippen LogP contribution in [0.4, 0.5) is 8.78 Å². The first-order chi connectivity index (χ1) is 9.66. The highest BCUT2D eigenvalue weighted by atomic mass is 32.2. The lowest BCUT2D eigenvalue weighted by Gasteiger charge is -2.14. The minimum absolute atomic E-state index is 0.0666. The highest BCUT2D eigenvalue weighted by Gasteiger charge is 2.22. The zero-order chi connectivity index (χ0) is 16.2. The van der Waals surface area contributed by atoms with Crippen molar-refractivity contribution in [1.82, 2.24) is 0 Å². The number of hydrogen-bond acceptors (Lipinski definition) is 3. The van der Waals surface area contributed by atoms with Gasteiger partial charge in [0.1, 0.15) is 11.6 Å². The molecule has 0 saturated carbocycles. The first kappa shape index (κ1) is 18.2. The van der Waals surface area contributed by atoms with Crippen molar-refractivity contribution in [2.45, 2.75) is 37.7 Å². The summed E-state index contributed by atoms with van der Waals surface area (Å²) in [5.74, 6) is -1.43. The first-order valence-electron chi connectivity index (χ1n) is 6.69. The fourth-order valence-corrected chi connectivity index (χ4v) is 4.32. The number of benzene rings is 1. The van der Waals surface area contributed by atoms with Gasteiger partial charge in [0.05, 0.1) is 16.3 Å². The molecule has 0 aromatic heterocycles. The Morgan fingerprint density at radius 3 is 2.14 bits per heavy atom. The van der Waals surface area contributed by atoms with Gasteiger partial charge in [-0.05, 0) is 39.3 Å². The second-order valence-electron chi connectivity index (χ2n) is 5.13. The predicted octanol–water partition coefficient (Wildman–Crippen LogP) is 2.99. The second-order valence-corrected chi connectivity index (χ2v) is 9.69. The van der Waals surface area contributed by atoms with Gasteiger partial charge < -0.3 is 0 Å². The summed E-state index contributed by atoms with van der Waals surface area (Å²) in [5.41, 5.74) is -0.206. The van der Waals surface area contributed by atoms with Gasteiger partial charge in [0.25, 0.3) is 0 Å². The van der Waals surface area contributed by atoms with Crippen molar-refractivity contribution >= 4 is 20.6 Å². The monoisotopic (exact) mass is 338 g/mol. The molecule has 0 aliphatic rings. The van der Waals surface area contributed by atoms with Gasteiger partial charge in [0.15, 0.2) is 9.84 Å². The van der Waals surface area contributed by atoms with Crippen molar-refractivity contribution in [2.24, 2.45) is 0 Å². The van der Waals surface area contributed by atoms with Crippen molar-refractivity contribution < 1.29 is 21.4 Å². The summed E-state index contributed by atoms with van der Waals surface area (Å²) < 4.78 is 62.6. The molecule has 3 nitrogen and oxygen atoms in total. The van der Waals surface area contributed by atoms with Crippen LogP contribution in [0.2, 0.25) is 0 Å². The van der Waals surface area contributed by atoms with Crippen LogP contribution in [0.1, 0.15) is 38.0 Å². The Bertz CT molecular complexity index is 592. The van der Waals surface area contributed by atoms with Crippen LogP contribution in [0.15, 0.2) is 18.2 Å². The molecular weight excluding hydrogens is 318 g/mol. The molecule has 0 radical (unpaired) electrons. The fraction of sp³-hybridized carbons (Fsp3) is 0.571. The Morgan fingerprint density at radius 1 is 1.14 bits per heavy atom. The standard InChI is InChI=1S/C14H20F2O3S2/c1-10(2)21(18,19)9-5-8-20(17)11(3)14-12(15)6-4-7-13(14)16/h4,6-7,10-11H,5,8-9H2,1-3H3/t11-,20+/m1/s1. The summed E-state index contributed by atoms with van der Waals surface area (Å²) in [5, 5.41) is -1.29. The molecule has 0 amide bonds. The normalized spacial score (nSPS) is 15.1. The third-order valence-corrected chi connectivity index (χ3v) is 7.30. The Labute approximate surface area is 127 Å². The molecule has 0 spiro atoms. The summed E-state index contributed by atoms with van der Waals surface area (Å²) >= 11 is 0. The second kappa shape index (κ2) is 7.45. The van der Waals surface area contributed by atoms with Crippen molar-refractivity contribution in [1.29, 1.82) is 0 Å². The van der Waals surface area contributed by atoms with Crippen LogP contribution < -0.4 is 0 Å². The van der Waals surface area contributed by atoms with E-state index in [2.05, 4.69) is 0 Å². The van der Waals surface area contributed by atoms with E-state index in [9.17, 15) is 21.4 Å². The zero-order valence-electron chi connectivity index (χ0n) is 12.3. The summed E-state index contributed by atoms with van der Waals surface area (Å²) in [7, 11) is -4.71. The van der Waals surface area contributed by atoms with E-state index in [-0.39, 0.29) is 23.5 Å². The molecule has 1 aromatic carbocycles. The number of halogens is 2. The van der Waals surface area contributed by atoms with Gasteiger partial charge in [-0.3, -0.25) is 4.21 Å². The summed E-state index contributed by atoms with van der Waals surface area (Å²) in [4.78, 5) is 0. The van der Waals surface area contributed by atoms with Gasteiger partial charge in [0, 0.05) is 22.1 Å². The summed E-state index contributed by atoms with van der Waals surface area (Å²) in [6, 6.07) is 3.49. The van der Waals surface area contributed by atoms with E-state index in [1.54, 1.807) is 13.8 Å². The van der Waals surface area contributed by atoms with E-state index >= 15 is 0 Å². The molecule has 0 aliphatic heterocycles. The average Bonchev–Trinajstić information content (AvgIpc) is 2.37. The molecule has 0 N–H and O–H groups in total. The van der Waals surface area contributed by atoms with E-state index in [1.807, 2.05) is 0 Å². The van der Waals surface area contributed by atoms with E-state index in [0.29, 0.717) is 0 Å². The molecule has 2 atom stereocenters. The van der Waals surface area contributed by atoms with Gasteiger partial charge in [-0.15, -0.1) is 0 Å². The van der Waals surface area contributed by atoms with Crippen molar-refractivity contribution in [3.05, 3.63) is 35.4 Å². The van der Waals surface area contributed by atoms with Gasteiger partial charge in [-0.1, -0.05) is 6.07 Å². The van der Waals surface area contributed by atoms with Crippen LogP contribution in [0.25, 0.3) is 0 Å². The fourth-order valence-electron chi connectivity index (χ4n) is 1.85. The lowest BCUT2D eigenvalue weighted by molar-refractivity contribution is 0.553. The third kappa shape index (κ3) is 4.85. The maximum atomic E-state index is 13.6. The van der Waals surface area contributed by atoms with Gasteiger partial charge in [-0.2, -0.15) is 0 Å². The molecule has 1 rings (SSSR count). The Kier molecular flexibility index (Phi) is 6.46. The molecule has 0 saturated heterocycles. The molecule has 0 bridgehead atoms. The van der Waals surface area contributed by atoms with E-state index in [4.69, 9.17) is 0 Å². The lowest BCUT2D eigenvalue weighted by Crippen LogP contribution is -2.20. The summed E-state index contributed by atoms with van der Waals surface area (Å²) in [6.45, 7) is 4.65. The maximum Gasteiger partial charge on any atom is 0.152 e. The van der Waals surface area contributed by atoms with Crippen molar-refractivity contribution in [2.75, 3.05) is 11.5 Å². The highest BCUT2D eigenvalue weighted by molar-refractivity contribution is 7.92. The lowest BCUT2D eigenvalue weighted by atomic mass is 10.1. The minimum Gasteiger partial charge on any atom is -0.259 e. The van der Waals surface area contributed by atoms with Crippen molar-refractivity contribution in [3.8, 4) is 0 Å². The van der Waals surface area contributed by atoms with Crippen LogP contribution in [0, 0.1) is 11.6 Å². The molecule has 0 aliphatic carbocycles. The van der Waals surface area contributed by atoms with Gasteiger partial charge >= 0.3 is 0 Å². The first-order valence-corrected chi connectivity index (χ1v) is 9.79. The molecule has 7 heteroatoms. The Hall–Kier alpha value is -0.820. The van der Waals surface area contributed by atoms with E-state index in [1.165, 1.54) is 13.0 Å². The van der Waals surface area contributed by atoms with Gasteiger partial charge in [-0.25, -0.2) is 17.2 Å². The van der Waals surface area contributed by atoms with Crippen LogP contribution in [-0.2, 0) is 20.6 Å². The number of hydrogen-bond donors (Lipinski definition) is 0. The molecular formula is C14H20F2O3S2. The Morgan fingerprint density at radius 2 is 1.67 bits per heavy atom. The molecule has 0 fully saturated rings. The number of rotatable bonds is 7. The van der Waals surface area contributed by atoms with Crippen LogP contribution in [-0.4, -0.2) is 29.4 Å². The minimum atomic E-state index is -3.18. The average molecular weight is 338 g/mol. The SMILES string of the molecule is CC(C)S(=O)(=O)CCC[S@](=O)[C@H](C)c1c(F)cccc1F. The van der Waals surface area contributed by atoms with E-state index in [0.717, 1.165) is 12.1 Å². The molecule has 21 heavy (non-hydrogen) atoms. The predicted molar refractivity (Wildman–Crippen MR) is 81.3 cm³/mol.